The first-order valence-corrected chi connectivity index (χ1v) is 27.1. The molecule has 0 aromatic heterocycles. The molecule has 376 valence electrons. The van der Waals surface area contributed by atoms with Crippen LogP contribution in [0.15, 0.2) is 36.5 Å². The Balaban J connectivity index is 2.37. The highest BCUT2D eigenvalue weighted by molar-refractivity contribution is 7.80. The fourth-order valence-electron chi connectivity index (χ4n) is 7.86. The Labute approximate surface area is 390 Å². The number of rotatable bonds is 45. The minimum absolute atomic E-state index is 0.0335. The lowest BCUT2D eigenvalue weighted by molar-refractivity contribution is -0.301. The molecule has 1 saturated heterocycles. The summed E-state index contributed by atoms with van der Waals surface area (Å²) in [5, 5.41) is 30.7. The van der Waals surface area contributed by atoms with E-state index in [0.717, 1.165) is 70.6 Å². The molecule has 13 heteroatoms. The Morgan fingerprint density at radius 2 is 1.03 bits per heavy atom. The number of hydrogen-bond donors (Lipinski definition) is 4. The van der Waals surface area contributed by atoms with E-state index in [-0.39, 0.29) is 19.6 Å². The smallest absolute Gasteiger partial charge is 0.397 e. The molecule has 0 aromatic carbocycles. The molecular formula is C51H94O12S. The number of carbonyl (C=O) groups excluding carboxylic acids is 1. The second kappa shape index (κ2) is 42.7. The van der Waals surface area contributed by atoms with E-state index in [1.807, 2.05) is 0 Å². The van der Waals surface area contributed by atoms with Crippen molar-refractivity contribution in [2.75, 3.05) is 26.4 Å². The summed E-state index contributed by atoms with van der Waals surface area (Å²) >= 11 is 0. The Hall–Kier alpha value is -1.68. The summed E-state index contributed by atoms with van der Waals surface area (Å²) in [5.74, 6) is -0.408. The molecule has 12 nitrogen and oxygen atoms in total. The van der Waals surface area contributed by atoms with E-state index in [2.05, 4.69) is 54.5 Å². The summed E-state index contributed by atoms with van der Waals surface area (Å²) in [7, 11) is -5.07. The van der Waals surface area contributed by atoms with E-state index in [1.54, 1.807) is 0 Å². The van der Waals surface area contributed by atoms with Gasteiger partial charge in [0.15, 0.2) is 6.29 Å². The third kappa shape index (κ3) is 35.5. The van der Waals surface area contributed by atoms with Crippen molar-refractivity contribution in [3.05, 3.63) is 36.5 Å². The summed E-state index contributed by atoms with van der Waals surface area (Å²) in [6, 6.07) is 0. The van der Waals surface area contributed by atoms with Gasteiger partial charge < -0.3 is 34.3 Å². The standard InChI is InChI=1S/C51H94O12S/c1-3-5-7-9-11-13-15-17-19-21-23-24-26-28-30-32-34-36-38-40-47(53)61-45(44-60-51-49(55)50(63-64(56,57)58)48(54)46(42-52)62-51)43-59-41-39-37-35-33-31-29-27-25-22-20-18-16-14-12-10-8-6-4-2/h11,13,17,19,23-24,45-46,48-52,54-55H,3-10,12,14-16,18,20-22,25-44H2,1-2H3,(H,56,57,58)/b13-11-,19-17-,24-23-. The van der Waals surface area contributed by atoms with Crippen LogP contribution in [-0.2, 0) is 38.3 Å². The van der Waals surface area contributed by atoms with E-state index in [0.29, 0.717) is 13.0 Å². The number of unbranched alkanes of at least 4 members (excludes halogenated alkanes) is 26. The van der Waals surface area contributed by atoms with Gasteiger partial charge in [0.2, 0.25) is 0 Å². The van der Waals surface area contributed by atoms with Crippen molar-refractivity contribution in [3.8, 4) is 0 Å². The summed E-state index contributed by atoms with van der Waals surface area (Å²) in [6.45, 7) is 3.98. The number of ether oxygens (including phenoxy) is 4. The highest BCUT2D eigenvalue weighted by Crippen LogP contribution is 2.26. The van der Waals surface area contributed by atoms with Crippen molar-refractivity contribution in [2.45, 2.75) is 256 Å². The van der Waals surface area contributed by atoms with E-state index >= 15 is 0 Å². The molecular weight excluding hydrogens is 837 g/mol. The van der Waals surface area contributed by atoms with Crippen LogP contribution in [0.1, 0.15) is 219 Å². The van der Waals surface area contributed by atoms with Crippen molar-refractivity contribution in [1.82, 2.24) is 0 Å². The molecule has 0 spiro atoms. The van der Waals surface area contributed by atoms with Crippen LogP contribution in [0.3, 0.4) is 0 Å². The minimum atomic E-state index is -5.07. The lowest BCUT2D eigenvalue weighted by Gasteiger charge is -2.41. The molecule has 0 radical (unpaired) electrons. The second-order valence-corrected chi connectivity index (χ2v) is 18.8. The highest BCUT2D eigenvalue weighted by atomic mass is 32.3. The molecule has 0 amide bonds. The van der Waals surface area contributed by atoms with Gasteiger partial charge in [0.25, 0.3) is 0 Å². The van der Waals surface area contributed by atoms with Gasteiger partial charge >= 0.3 is 16.4 Å². The molecule has 1 fully saturated rings. The predicted molar refractivity (Wildman–Crippen MR) is 257 cm³/mol. The third-order valence-electron chi connectivity index (χ3n) is 11.8. The highest BCUT2D eigenvalue weighted by Gasteiger charge is 2.48. The first-order valence-electron chi connectivity index (χ1n) is 25.7. The topological polar surface area (TPSA) is 178 Å². The number of esters is 1. The summed E-state index contributed by atoms with van der Waals surface area (Å²) in [4.78, 5) is 12.9. The van der Waals surface area contributed by atoms with Crippen LogP contribution in [0.25, 0.3) is 0 Å². The van der Waals surface area contributed by atoms with Crippen molar-refractivity contribution < 1.29 is 56.2 Å². The summed E-state index contributed by atoms with van der Waals surface area (Å²) in [5.41, 5.74) is 0. The normalized spacial score (nSPS) is 20.0. The number of carbonyl (C=O) groups is 1. The Morgan fingerprint density at radius 1 is 0.594 bits per heavy atom. The van der Waals surface area contributed by atoms with Crippen LogP contribution in [0, 0.1) is 0 Å². The molecule has 64 heavy (non-hydrogen) atoms. The molecule has 1 aliphatic heterocycles. The molecule has 4 N–H and O–H groups in total. The van der Waals surface area contributed by atoms with Crippen LogP contribution >= 0.6 is 0 Å². The molecule has 1 heterocycles. The quantitative estimate of drug-likeness (QED) is 0.0197. The lowest BCUT2D eigenvalue weighted by Crippen LogP contribution is -2.60. The van der Waals surface area contributed by atoms with Crippen molar-refractivity contribution in [3.63, 3.8) is 0 Å². The largest absolute Gasteiger partial charge is 0.457 e. The van der Waals surface area contributed by atoms with Crippen LogP contribution < -0.4 is 0 Å². The Kier molecular flexibility index (Phi) is 40.2. The second-order valence-electron chi connectivity index (χ2n) is 17.8. The average molecular weight is 931 g/mol. The van der Waals surface area contributed by atoms with Gasteiger partial charge in [-0.3, -0.25) is 9.35 Å². The van der Waals surface area contributed by atoms with Gasteiger partial charge in [0.1, 0.15) is 30.5 Å². The van der Waals surface area contributed by atoms with Gasteiger partial charge in [-0.15, -0.1) is 0 Å². The average Bonchev–Trinajstić information content (AvgIpc) is 3.27. The zero-order valence-corrected chi connectivity index (χ0v) is 41.2. The van der Waals surface area contributed by atoms with Crippen molar-refractivity contribution >= 4 is 16.4 Å². The third-order valence-corrected chi connectivity index (χ3v) is 12.2. The maximum atomic E-state index is 12.9. The van der Waals surface area contributed by atoms with E-state index in [4.69, 9.17) is 18.9 Å². The van der Waals surface area contributed by atoms with Gasteiger partial charge in [-0.05, 0) is 51.4 Å². The van der Waals surface area contributed by atoms with Crippen LogP contribution in [0.5, 0.6) is 0 Å². The van der Waals surface area contributed by atoms with Gasteiger partial charge in [-0.1, -0.05) is 198 Å². The van der Waals surface area contributed by atoms with Crippen molar-refractivity contribution in [2.24, 2.45) is 0 Å². The maximum absolute atomic E-state index is 12.9. The number of allylic oxidation sites excluding steroid dienone is 6. The molecule has 0 bridgehead atoms. The van der Waals surface area contributed by atoms with Crippen LogP contribution in [0.4, 0.5) is 0 Å². The van der Waals surface area contributed by atoms with Gasteiger partial charge in [0, 0.05) is 13.0 Å². The van der Waals surface area contributed by atoms with E-state index < -0.39 is 59.8 Å². The van der Waals surface area contributed by atoms with Gasteiger partial charge in [-0.25, -0.2) is 4.18 Å². The Morgan fingerprint density at radius 3 is 1.53 bits per heavy atom. The first-order chi connectivity index (χ1) is 31.1. The SMILES string of the molecule is CCCCC/C=C\C/C=C\C/C=C\CCCCCCCCC(=O)OC(COCCCCCCCCCCCCCCCCCCCC)COC1OC(CO)C(O)C(OS(=O)(=O)O)C1O. The Bertz CT molecular complexity index is 1260. The van der Waals surface area contributed by atoms with Crippen LogP contribution in [-0.4, -0.2) is 97.5 Å². The van der Waals surface area contributed by atoms with Gasteiger partial charge in [0.05, 0.1) is 19.8 Å². The van der Waals surface area contributed by atoms with Crippen LogP contribution in [0.2, 0.25) is 0 Å². The minimum Gasteiger partial charge on any atom is -0.457 e. The molecule has 0 aromatic rings. The van der Waals surface area contributed by atoms with Crippen molar-refractivity contribution in [1.29, 1.82) is 0 Å². The zero-order valence-electron chi connectivity index (χ0n) is 40.3. The fraction of sp³-hybridized carbons (Fsp3) is 0.863. The number of aliphatic hydroxyl groups is 3. The predicted octanol–water partition coefficient (Wildman–Crippen LogP) is 11.7. The summed E-state index contributed by atoms with van der Waals surface area (Å²) in [6.07, 6.45) is 41.7. The van der Waals surface area contributed by atoms with Gasteiger partial charge in [-0.2, -0.15) is 8.42 Å². The summed E-state index contributed by atoms with van der Waals surface area (Å²) < 4.78 is 59.2. The number of hydrogen-bond acceptors (Lipinski definition) is 11. The molecule has 6 atom stereocenters. The number of aliphatic hydroxyl groups excluding tert-OH is 3. The van der Waals surface area contributed by atoms with E-state index in [9.17, 15) is 33.1 Å². The monoisotopic (exact) mass is 931 g/mol. The molecule has 0 saturated carbocycles. The van der Waals surface area contributed by atoms with E-state index in [1.165, 1.54) is 122 Å². The zero-order chi connectivity index (χ0) is 46.8. The maximum Gasteiger partial charge on any atom is 0.397 e. The molecule has 6 unspecified atom stereocenters. The fourth-order valence-corrected chi connectivity index (χ4v) is 8.37. The molecule has 0 aliphatic carbocycles. The molecule has 1 rings (SSSR count). The molecule has 1 aliphatic rings. The lowest BCUT2D eigenvalue weighted by atomic mass is 9.99. The first kappa shape index (κ1) is 60.3.